The fourth-order valence-corrected chi connectivity index (χ4v) is 2.27. The Morgan fingerprint density at radius 1 is 1.29 bits per heavy atom. The van der Waals surface area contributed by atoms with Crippen LogP contribution in [-0.2, 0) is 15.7 Å². The zero-order valence-corrected chi connectivity index (χ0v) is 13.6. The Balaban J connectivity index is 2.13. The molecule has 114 valence electrons. The highest BCUT2D eigenvalue weighted by atomic mass is 16.7. The SMILES string of the molecule is CC(N)Cc1cnccc1/C=C/B1OC(C)(C)C(C)(C)O1. The molecule has 1 saturated heterocycles. The van der Waals surface area contributed by atoms with Gasteiger partial charge in [-0.15, -0.1) is 0 Å². The van der Waals surface area contributed by atoms with Crippen molar-refractivity contribution in [3.8, 4) is 0 Å². The molecule has 2 N–H and O–H groups in total. The van der Waals surface area contributed by atoms with Gasteiger partial charge in [0.2, 0.25) is 0 Å². The molecule has 2 heterocycles. The van der Waals surface area contributed by atoms with Crippen LogP contribution >= 0.6 is 0 Å². The van der Waals surface area contributed by atoms with Gasteiger partial charge in [-0.05, 0) is 58.2 Å². The molecule has 0 radical (unpaired) electrons. The van der Waals surface area contributed by atoms with Crippen molar-refractivity contribution in [2.45, 2.75) is 58.3 Å². The molecular formula is C16H25BN2O2. The summed E-state index contributed by atoms with van der Waals surface area (Å²) in [5, 5.41) is 0. The summed E-state index contributed by atoms with van der Waals surface area (Å²) in [6.07, 6.45) is 6.49. The molecule has 5 heteroatoms. The molecule has 1 aliphatic rings. The fourth-order valence-electron chi connectivity index (χ4n) is 2.27. The first-order valence-corrected chi connectivity index (χ1v) is 7.43. The molecule has 0 bridgehead atoms. The van der Waals surface area contributed by atoms with Crippen molar-refractivity contribution in [1.29, 1.82) is 0 Å². The Hall–Kier alpha value is -1.17. The average Bonchev–Trinajstić information content (AvgIpc) is 2.56. The van der Waals surface area contributed by atoms with Crippen molar-refractivity contribution in [2.24, 2.45) is 5.73 Å². The Bertz CT molecular complexity index is 511. The van der Waals surface area contributed by atoms with Gasteiger partial charge in [0.15, 0.2) is 0 Å². The highest BCUT2D eigenvalue weighted by Crippen LogP contribution is 2.37. The molecule has 1 atom stereocenters. The van der Waals surface area contributed by atoms with Gasteiger partial charge < -0.3 is 15.0 Å². The third-order valence-corrected chi connectivity index (χ3v) is 4.19. The third-order valence-electron chi connectivity index (χ3n) is 4.19. The van der Waals surface area contributed by atoms with E-state index < -0.39 is 0 Å². The zero-order chi connectivity index (χ0) is 15.7. The topological polar surface area (TPSA) is 57.4 Å². The first-order valence-electron chi connectivity index (χ1n) is 7.43. The van der Waals surface area contributed by atoms with Crippen molar-refractivity contribution in [3.63, 3.8) is 0 Å². The van der Waals surface area contributed by atoms with Crippen LogP contribution in [0, 0.1) is 0 Å². The quantitative estimate of drug-likeness (QED) is 0.865. The minimum atomic E-state index is -0.327. The van der Waals surface area contributed by atoms with Crippen molar-refractivity contribution in [1.82, 2.24) is 4.98 Å². The molecule has 1 fully saturated rings. The molecule has 0 amide bonds. The highest BCUT2D eigenvalue weighted by Gasteiger charge is 2.49. The van der Waals surface area contributed by atoms with E-state index in [0.717, 1.165) is 17.5 Å². The predicted octanol–water partition coefficient (Wildman–Crippen LogP) is 2.62. The number of pyridine rings is 1. The Labute approximate surface area is 127 Å². The summed E-state index contributed by atoms with van der Waals surface area (Å²) in [5.41, 5.74) is 7.51. The van der Waals surface area contributed by atoms with Crippen LogP contribution in [-0.4, -0.2) is 29.3 Å². The lowest BCUT2D eigenvalue weighted by Crippen LogP contribution is -2.41. The van der Waals surface area contributed by atoms with E-state index in [9.17, 15) is 0 Å². The standard InChI is InChI=1S/C16H25BN2O2/c1-12(18)10-14-11-19-9-7-13(14)6-8-17-20-15(2,3)16(4,5)21-17/h6-9,11-12H,10,18H2,1-5H3/b8-6+. The van der Waals surface area contributed by atoms with Gasteiger partial charge in [0.1, 0.15) is 0 Å². The van der Waals surface area contributed by atoms with E-state index in [0.29, 0.717) is 0 Å². The maximum Gasteiger partial charge on any atom is 0.487 e. The highest BCUT2D eigenvalue weighted by molar-refractivity contribution is 6.52. The maximum absolute atomic E-state index is 5.96. The first-order chi connectivity index (χ1) is 9.71. The summed E-state index contributed by atoms with van der Waals surface area (Å²) in [6.45, 7) is 10.2. The smallest absolute Gasteiger partial charge is 0.400 e. The lowest BCUT2D eigenvalue weighted by Gasteiger charge is -2.32. The number of rotatable bonds is 4. The molecule has 1 unspecified atom stereocenters. The Morgan fingerprint density at radius 2 is 1.90 bits per heavy atom. The monoisotopic (exact) mass is 288 g/mol. The van der Waals surface area contributed by atoms with Crippen LogP contribution in [0.2, 0.25) is 0 Å². The number of hydrogen-bond donors (Lipinski definition) is 1. The van der Waals surface area contributed by atoms with E-state index in [1.165, 1.54) is 0 Å². The van der Waals surface area contributed by atoms with Crippen LogP contribution in [0.5, 0.6) is 0 Å². The number of nitrogens with two attached hydrogens (primary N) is 1. The van der Waals surface area contributed by atoms with Gasteiger partial charge in [-0.3, -0.25) is 4.98 Å². The van der Waals surface area contributed by atoms with Crippen molar-refractivity contribution in [3.05, 3.63) is 35.6 Å². The summed E-state index contributed by atoms with van der Waals surface area (Å²) >= 11 is 0. The molecule has 0 aliphatic carbocycles. The van der Waals surface area contributed by atoms with Gasteiger partial charge >= 0.3 is 7.12 Å². The van der Waals surface area contributed by atoms with Gasteiger partial charge in [0.25, 0.3) is 0 Å². The Morgan fingerprint density at radius 3 is 2.48 bits per heavy atom. The second-order valence-electron chi connectivity index (χ2n) is 6.74. The van der Waals surface area contributed by atoms with Crippen LogP contribution in [0.25, 0.3) is 6.08 Å². The summed E-state index contributed by atoms with van der Waals surface area (Å²) < 4.78 is 11.9. The summed E-state index contributed by atoms with van der Waals surface area (Å²) in [5.74, 6) is 1.95. The summed E-state index contributed by atoms with van der Waals surface area (Å²) in [7, 11) is -0.327. The van der Waals surface area contributed by atoms with E-state index in [1.807, 2.05) is 31.2 Å². The minimum Gasteiger partial charge on any atom is -0.400 e. The predicted molar refractivity (Wildman–Crippen MR) is 86.7 cm³/mol. The van der Waals surface area contributed by atoms with Gasteiger partial charge in [-0.25, -0.2) is 0 Å². The van der Waals surface area contributed by atoms with E-state index >= 15 is 0 Å². The molecule has 1 aromatic rings. The van der Waals surface area contributed by atoms with Gasteiger partial charge in [0, 0.05) is 18.4 Å². The van der Waals surface area contributed by atoms with Gasteiger partial charge in [-0.2, -0.15) is 0 Å². The van der Waals surface area contributed by atoms with Crippen LogP contribution < -0.4 is 5.73 Å². The molecule has 21 heavy (non-hydrogen) atoms. The second-order valence-corrected chi connectivity index (χ2v) is 6.74. The minimum absolute atomic E-state index is 0.109. The maximum atomic E-state index is 5.96. The van der Waals surface area contributed by atoms with Crippen molar-refractivity contribution >= 4 is 13.2 Å². The first kappa shape index (κ1) is 16.2. The molecule has 1 aliphatic heterocycles. The average molecular weight is 288 g/mol. The zero-order valence-electron chi connectivity index (χ0n) is 13.6. The van der Waals surface area contributed by atoms with Gasteiger partial charge in [0.05, 0.1) is 11.2 Å². The molecule has 0 spiro atoms. The van der Waals surface area contributed by atoms with Crippen LogP contribution in [0.3, 0.4) is 0 Å². The molecule has 0 saturated carbocycles. The van der Waals surface area contributed by atoms with Crippen molar-refractivity contribution in [2.75, 3.05) is 0 Å². The molecule has 2 rings (SSSR count). The largest absolute Gasteiger partial charge is 0.487 e. The van der Waals surface area contributed by atoms with E-state index in [-0.39, 0.29) is 24.4 Å². The van der Waals surface area contributed by atoms with E-state index in [4.69, 9.17) is 15.0 Å². The fraction of sp³-hybridized carbons (Fsp3) is 0.562. The third kappa shape index (κ3) is 3.73. The second kappa shape index (κ2) is 5.91. The molecule has 4 nitrogen and oxygen atoms in total. The van der Waals surface area contributed by atoms with Crippen LogP contribution in [0.15, 0.2) is 24.4 Å². The van der Waals surface area contributed by atoms with E-state index in [1.54, 1.807) is 6.20 Å². The number of hydrogen-bond acceptors (Lipinski definition) is 4. The lowest BCUT2D eigenvalue weighted by atomic mass is 9.88. The normalized spacial score (nSPS) is 21.9. The summed E-state index contributed by atoms with van der Waals surface area (Å²) in [4.78, 5) is 4.17. The summed E-state index contributed by atoms with van der Waals surface area (Å²) in [6, 6.07) is 2.10. The van der Waals surface area contributed by atoms with Gasteiger partial charge in [-0.1, -0.05) is 12.1 Å². The molecular weight excluding hydrogens is 263 g/mol. The number of aromatic nitrogens is 1. The van der Waals surface area contributed by atoms with Crippen LogP contribution in [0.1, 0.15) is 45.7 Å². The molecule has 1 aromatic heterocycles. The van der Waals surface area contributed by atoms with Crippen LogP contribution in [0.4, 0.5) is 0 Å². The molecule has 0 aromatic carbocycles. The Kier molecular flexibility index (Phi) is 4.56. The van der Waals surface area contributed by atoms with E-state index in [2.05, 4.69) is 32.7 Å². The van der Waals surface area contributed by atoms with Crippen molar-refractivity contribution < 1.29 is 9.31 Å². The number of nitrogens with zero attached hydrogens (tertiary/aromatic N) is 1. The lowest BCUT2D eigenvalue weighted by molar-refractivity contribution is 0.00578.